The molecule has 0 saturated carbocycles. The minimum absolute atomic E-state index is 0.0254. The molecule has 2 rings (SSSR count). The molecule has 0 aliphatic heterocycles. The van der Waals surface area contributed by atoms with Crippen molar-refractivity contribution in [2.24, 2.45) is 0 Å². The van der Waals surface area contributed by atoms with Gasteiger partial charge < -0.3 is 15.0 Å². The summed E-state index contributed by atoms with van der Waals surface area (Å²) in [5.41, 5.74) is -0.107. The number of hydrogen-bond acceptors (Lipinski definition) is 3. The van der Waals surface area contributed by atoms with Crippen molar-refractivity contribution in [2.75, 3.05) is 6.61 Å². The maximum Gasteiger partial charge on any atom is 0.261 e. The van der Waals surface area contributed by atoms with E-state index in [9.17, 15) is 14.0 Å². The summed E-state index contributed by atoms with van der Waals surface area (Å²) in [6.45, 7) is 6.94. The Morgan fingerprint density at radius 1 is 1.07 bits per heavy atom. The van der Waals surface area contributed by atoms with Crippen molar-refractivity contribution in [3.05, 3.63) is 66.0 Å². The topological polar surface area (TPSA) is 58.6 Å². The fourth-order valence-electron chi connectivity index (χ4n) is 2.61. The maximum absolute atomic E-state index is 14.1. The van der Waals surface area contributed by atoms with E-state index < -0.39 is 23.3 Å². The van der Waals surface area contributed by atoms with Crippen molar-refractivity contribution in [1.82, 2.24) is 10.2 Å². The zero-order chi connectivity index (χ0) is 20.7. The van der Waals surface area contributed by atoms with Crippen LogP contribution < -0.4 is 10.1 Å². The van der Waals surface area contributed by atoms with E-state index in [0.29, 0.717) is 11.3 Å². The van der Waals surface area contributed by atoms with Gasteiger partial charge >= 0.3 is 0 Å². The van der Waals surface area contributed by atoms with Gasteiger partial charge in [0.15, 0.2) is 6.61 Å². The minimum Gasteiger partial charge on any atom is -0.484 e. The van der Waals surface area contributed by atoms with Gasteiger partial charge in [-0.25, -0.2) is 4.39 Å². The standard InChI is InChI=1S/C22H27FN2O3/c1-16(21(27)24-22(2,3)4)25(14-17-10-8-9-13-19(17)23)20(26)15-28-18-11-6-5-7-12-18/h5-13,16H,14-15H2,1-4H3,(H,24,27)/t16-/m1/s1. The second-order valence-corrected chi connectivity index (χ2v) is 7.63. The summed E-state index contributed by atoms with van der Waals surface area (Å²) in [4.78, 5) is 26.8. The fraction of sp³-hybridized carbons (Fsp3) is 0.364. The molecule has 150 valence electrons. The third kappa shape index (κ3) is 6.37. The summed E-state index contributed by atoms with van der Waals surface area (Å²) in [5, 5.41) is 2.86. The van der Waals surface area contributed by atoms with Crippen LogP contribution >= 0.6 is 0 Å². The van der Waals surface area contributed by atoms with E-state index in [1.54, 1.807) is 49.4 Å². The second kappa shape index (κ2) is 9.35. The Bertz CT molecular complexity index is 803. The van der Waals surface area contributed by atoms with Gasteiger partial charge in [0.05, 0.1) is 0 Å². The molecule has 2 aromatic rings. The van der Waals surface area contributed by atoms with Crippen LogP contribution in [0, 0.1) is 5.82 Å². The number of carbonyl (C=O) groups is 2. The molecule has 6 heteroatoms. The van der Waals surface area contributed by atoms with E-state index in [0.717, 1.165) is 0 Å². The molecule has 1 atom stereocenters. The number of hydrogen-bond donors (Lipinski definition) is 1. The van der Waals surface area contributed by atoms with Crippen LogP contribution in [0.4, 0.5) is 4.39 Å². The smallest absolute Gasteiger partial charge is 0.261 e. The van der Waals surface area contributed by atoms with Crippen LogP contribution in [0.2, 0.25) is 0 Å². The highest BCUT2D eigenvalue weighted by atomic mass is 19.1. The Morgan fingerprint density at radius 2 is 1.68 bits per heavy atom. The number of amides is 2. The molecule has 0 aromatic heterocycles. The molecule has 2 aromatic carbocycles. The van der Waals surface area contributed by atoms with Crippen LogP contribution in [-0.4, -0.2) is 34.9 Å². The molecule has 0 saturated heterocycles. The van der Waals surface area contributed by atoms with Crippen molar-refractivity contribution in [3.8, 4) is 5.75 Å². The molecule has 28 heavy (non-hydrogen) atoms. The first-order chi connectivity index (χ1) is 13.2. The van der Waals surface area contributed by atoms with Crippen LogP contribution in [-0.2, 0) is 16.1 Å². The average Bonchev–Trinajstić information content (AvgIpc) is 2.64. The second-order valence-electron chi connectivity index (χ2n) is 7.63. The third-order valence-electron chi connectivity index (χ3n) is 4.07. The molecular weight excluding hydrogens is 359 g/mol. The lowest BCUT2D eigenvalue weighted by atomic mass is 10.1. The van der Waals surface area contributed by atoms with Gasteiger partial charge in [0, 0.05) is 17.6 Å². The summed E-state index contributed by atoms with van der Waals surface area (Å²) in [6, 6.07) is 14.4. The first-order valence-corrected chi connectivity index (χ1v) is 9.20. The quantitative estimate of drug-likeness (QED) is 0.792. The highest BCUT2D eigenvalue weighted by molar-refractivity contribution is 5.88. The fourth-order valence-corrected chi connectivity index (χ4v) is 2.61. The summed E-state index contributed by atoms with van der Waals surface area (Å²) in [5.74, 6) is -0.582. The van der Waals surface area contributed by atoms with E-state index in [-0.39, 0.29) is 19.1 Å². The van der Waals surface area contributed by atoms with Gasteiger partial charge in [-0.15, -0.1) is 0 Å². The lowest BCUT2D eigenvalue weighted by molar-refractivity contribution is -0.142. The zero-order valence-corrected chi connectivity index (χ0v) is 16.7. The maximum atomic E-state index is 14.1. The van der Waals surface area contributed by atoms with Gasteiger partial charge in [-0.3, -0.25) is 9.59 Å². The molecule has 0 aliphatic rings. The van der Waals surface area contributed by atoms with Gasteiger partial charge in [-0.2, -0.15) is 0 Å². The van der Waals surface area contributed by atoms with Gasteiger partial charge in [0.25, 0.3) is 5.91 Å². The summed E-state index contributed by atoms with van der Waals surface area (Å²) in [7, 11) is 0. The summed E-state index contributed by atoms with van der Waals surface area (Å²) >= 11 is 0. The van der Waals surface area contributed by atoms with E-state index >= 15 is 0 Å². The van der Waals surface area contributed by atoms with Crippen molar-refractivity contribution in [3.63, 3.8) is 0 Å². The molecule has 2 amide bonds. The average molecular weight is 386 g/mol. The molecule has 0 spiro atoms. The highest BCUT2D eigenvalue weighted by Gasteiger charge is 2.29. The van der Waals surface area contributed by atoms with Gasteiger partial charge in [0.1, 0.15) is 17.6 Å². The number of halogens is 1. The Hall–Kier alpha value is -2.89. The van der Waals surface area contributed by atoms with Crippen LogP contribution in [0.15, 0.2) is 54.6 Å². The molecule has 0 unspecified atom stereocenters. The Kier molecular flexibility index (Phi) is 7.15. The number of rotatable bonds is 7. The van der Waals surface area contributed by atoms with E-state index in [1.165, 1.54) is 11.0 Å². The number of benzene rings is 2. The van der Waals surface area contributed by atoms with Gasteiger partial charge in [-0.05, 0) is 45.9 Å². The van der Waals surface area contributed by atoms with Crippen molar-refractivity contribution < 1.29 is 18.7 Å². The van der Waals surface area contributed by atoms with E-state index in [1.807, 2.05) is 26.8 Å². The predicted molar refractivity (Wildman–Crippen MR) is 106 cm³/mol. The number of para-hydroxylation sites is 1. The number of nitrogens with zero attached hydrogens (tertiary/aromatic N) is 1. The number of nitrogens with one attached hydrogen (secondary N) is 1. The Labute approximate surface area is 165 Å². The normalized spacial score (nSPS) is 12.2. The zero-order valence-electron chi connectivity index (χ0n) is 16.7. The van der Waals surface area contributed by atoms with Crippen molar-refractivity contribution >= 4 is 11.8 Å². The molecule has 1 N–H and O–H groups in total. The largest absolute Gasteiger partial charge is 0.484 e. The van der Waals surface area contributed by atoms with Gasteiger partial charge in [-0.1, -0.05) is 36.4 Å². The molecule has 0 bridgehead atoms. The van der Waals surface area contributed by atoms with E-state index in [4.69, 9.17) is 4.74 Å². The monoisotopic (exact) mass is 386 g/mol. The van der Waals surface area contributed by atoms with Crippen LogP contribution in [0.1, 0.15) is 33.3 Å². The molecule has 0 fully saturated rings. The lowest BCUT2D eigenvalue weighted by Crippen LogP contribution is -2.53. The molecular formula is C22H27FN2O3. The number of carbonyl (C=O) groups excluding carboxylic acids is 2. The van der Waals surface area contributed by atoms with Crippen molar-refractivity contribution in [1.29, 1.82) is 0 Å². The molecule has 0 heterocycles. The first kappa shape index (κ1) is 21.4. The minimum atomic E-state index is -0.786. The lowest BCUT2D eigenvalue weighted by Gasteiger charge is -2.31. The molecule has 0 aliphatic carbocycles. The first-order valence-electron chi connectivity index (χ1n) is 9.20. The Balaban J connectivity index is 2.18. The summed E-state index contributed by atoms with van der Waals surface area (Å²) in [6.07, 6.45) is 0. The molecule has 0 radical (unpaired) electrons. The molecule has 5 nitrogen and oxygen atoms in total. The third-order valence-corrected chi connectivity index (χ3v) is 4.07. The Morgan fingerprint density at radius 3 is 2.29 bits per heavy atom. The SMILES string of the molecule is C[C@H](C(=O)NC(C)(C)C)N(Cc1ccccc1F)C(=O)COc1ccccc1. The van der Waals surface area contributed by atoms with Crippen molar-refractivity contribution in [2.45, 2.75) is 45.8 Å². The summed E-state index contributed by atoms with van der Waals surface area (Å²) < 4.78 is 19.7. The predicted octanol–water partition coefficient (Wildman–Crippen LogP) is 3.54. The van der Waals surface area contributed by atoms with E-state index in [2.05, 4.69) is 5.32 Å². The van der Waals surface area contributed by atoms with Crippen LogP contribution in [0.3, 0.4) is 0 Å². The van der Waals surface area contributed by atoms with Gasteiger partial charge in [0.2, 0.25) is 5.91 Å². The van der Waals surface area contributed by atoms with Crippen LogP contribution in [0.5, 0.6) is 5.75 Å². The van der Waals surface area contributed by atoms with Crippen LogP contribution in [0.25, 0.3) is 0 Å². The number of ether oxygens (including phenoxy) is 1. The highest BCUT2D eigenvalue weighted by Crippen LogP contribution is 2.15.